The molecule has 0 aromatic carbocycles. The summed E-state index contributed by atoms with van der Waals surface area (Å²) in [7, 11) is 0. The van der Waals surface area contributed by atoms with Crippen molar-refractivity contribution < 1.29 is 0 Å². The topological polar surface area (TPSA) is 0 Å². The molecule has 0 aromatic rings. The van der Waals surface area contributed by atoms with Gasteiger partial charge < -0.3 is 0 Å². The summed E-state index contributed by atoms with van der Waals surface area (Å²) in [6.45, 7) is 2.28. The molecule has 0 radical (unpaired) electrons. The van der Waals surface area contributed by atoms with E-state index in [1.807, 2.05) is 4.99 Å². The van der Waals surface area contributed by atoms with Crippen LogP contribution in [0.2, 0.25) is 0 Å². The first kappa shape index (κ1) is 16.2. The van der Waals surface area contributed by atoms with Gasteiger partial charge in [0, 0.05) is 0 Å². The molecule has 0 amide bonds. The quantitative estimate of drug-likeness (QED) is 0.355. The van der Waals surface area contributed by atoms with Crippen molar-refractivity contribution in [2.45, 2.75) is 84.0 Å². The van der Waals surface area contributed by atoms with Crippen molar-refractivity contribution in [1.82, 2.24) is 0 Å². The molecule has 0 saturated carbocycles. The van der Waals surface area contributed by atoms with Crippen LogP contribution in [0.3, 0.4) is 0 Å². The van der Waals surface area contributed by atoms with Gasteiger partial charge in [0.2, 0.25) is 0 Å². The Balaban J connectivity index is 2.88. The van der Waals surface area contributed by atoms with Crippen molar-refractivity contribution in [1.29, 1.82) is 0 Å². The molecule has 0 spiro atoms. The van der Waals surface area contributed by atoms with Crippen molar-refractivity contribution in [3.05, 3.63) is 11.1 Å². The Morgan fingerprint density at radius 1 is 0.688 bits per heavy atom. The monoisotopic (exact) mass is 288 g/mol. The molecule has 0 aliphatic heterocycles. The summed E-state index contributed by atoms with van der Waals surface area (Å²) in [5.41, 5.74) is 0. The molecular formula is C15H29Br. The fourth-order valence-corrected chi connectivity index (χ4v) is 2.25. The van der Waals surface area contributed by atoms with Gasteiger partial charge in [0.05, 0.1) is 0 Å². The molecule has 0 heterocycles. The maximum Gasteiger partial charge on any atom is -0.0229 e. The van der Waals surface area contributed by atoms with E-state index < -0.39 is 0 Å². The standard InChI is InChI=1S/C15H29Br/c1-2-3-4-5-6-7-8-9-10-11-12-13-14-15-16/h14-15H,2-13H2,1H3/b15-14-. The largest absolute Gasteiger partial charge is 0.0776 e. The summed E-state index contributed by atoms with van der Waals surface area (Å²) >= 11 is 3.30. The molecule has 0 nitrogen and oxygen atoms in total. The average molecular weight is 289 g/mol. The summed E-state index contributed by atoms with van der Waals surface area (Å²) in [5, 5.41) is 0. The SMILES string of the molecule is CCCCCCCCCCCCC/C=C\Br. The van der Waals surface area contributed by atoms with Crippen LogP contribution in [0.15, 0.2) is 11.1 Å². The van der Waals surface area contributed by atoms with E-state index in [0.29, 0.717) is 0 Å². The van der Waals surface area contributed by atoms with Crippen LogP contribution >= 0.6 is 15.9 Å². The molecule has 0 N–H and O–H groups in total. The van der Waals surface area contributed by atoms with Gasteiger partial charge in [-0.25, -0.2) is 0 Å². The minimum atomic E-state index is 1.24. The van der Waals surface area contributed by atoms with Gasteiger partial charge in [0.1, 0.15) is 0 Å². The number of unbranched alkanes of at least 4 members (excludes halogenated alkanes) is 11. The van der Waals surface area contributed by atoms with E-state index in [1.165, 1.54) is 77.0 Å². The summed E-state index contributed by atoms with van der Waals surface area (Å²) in [6.07, 6.45) is 19.2. The molecule has 0 atom stereocenters. The number of allylic oxidation sites excluding steroid dienone is 1. The van der Waals surface area contributed by atoms with Crippen molar-refractivity contribution >= 4 is 15.9 Å². The molecule has 0 saturated heterocycles. The van der Waals surface area contributed by atoms with Crippen LogP contribution in [0.4, 0.5) is 0 Å². The van der Waals surface area contributed by atoms with Crippen LogP contribution in [0.1, 0.15) is 84.0 Å². The average Bonchev–Trinajstić information content (AvgIpc) is 2.31. The van der Waals surface area contributed by atoms with Crippen LogP contribution in [0, 0.1) is 0 Å². The lowest BCUT2D eigenvalue weighted by atomic mass is 10.1. The highest BCUT2D eigenvalue weighted by atomic mass is 79.9. The van der Waals surface area contributed by atoms with Gasteiger partial charge in [0.25, 0.3) is 0 Å². The van der Waals surface area contributed by atoms with Crippen molar-refractivity contribution in [3.63, 3.8) is 0 Å². The molecule has 0 aromatic heterocycles. The summed E-state index contributed by atoms with van der Waals surface area (Å²) in [4.78, 5) is 1.98. The number of hydrogen-bond donors (Lipinski definition) is 0. The Morgan fingerprint density at radius 3 is 1.56 bits per heavy atom. The first-order chi connectivity index (χ1) is 7.91. The predicted molar refractivity (Wildman–Crippen MR) is 79.1 cm³/mol. The van der Waals surface area contributed by atoms with E-state index in [0.717, 1.165) is 0 Å². The number of hydrogen-bond acceptors (Lipinski definition) is 0. The van der Waals surface area contributed by atoms with Gasteiger partial charge >= 0.3 is 0 Å². The summed E-state index contributed by atoms with van der Waals surface area (Å²) in [5.74, 6) is 0. The molecule has 1 heteroatoms. The lowest BCUT2D eigenvalue weighted by Crippen LogP contribution is -1.81. The van der Waals surface area contributed by atoms with Crippen molar-refractivity contribution in [2.24, 2.45) is 0 Å². The smallest absolute Gasteiger partial charge is 0.0229 e. The van der Waals surface area contributed by atoms with E-state index in [9.17, 15) is 0 Å². The minimum Gasteiger partial charge on any atom is -0.0776 e. The van der Waals surface area contributed by atoms with Crippen molar-refractivity contribution in [2.75, 3.05) is 0 Å². The minimum absolute atomic E-state index is 1.24. The third-order valence-corrected chi connectivity index (χ3v) is 3.44. The molecule has 0 bridgehead atoms. The normalized spacial score (nSPS) is 11.4. The Hall–Kier alpha value is 0.220. The first-order valence-electron chi connectivity index (χ1n) is 7.17. The van der Waals surface area contributed by atoms with E-state index >= 15 is 0 Å². The number of rotatable bonds is 12. The molecule has 0 aliphatic carbocycles. The maximum atomic E-state index is 3.30. The van der Waals surface area contributed by atoms with Gasteiger partial charge in [-0.1, -0.05) is 93.1 Å². The Morgan fingerprint density at radius 2 is 1.12 bits per heavy atom. The predicted octanol–water partition coefficient (Wildman–Crippen LogP) is 6.60. The lowest BCUT2D eigenvalue weighted by Gasteiger charge is -2.01. The van der Waals surface area contributed by atoms with E-state index in [4.69, 9.17) is 0 Å². The highest BCUT2D eigenvalue weighted by molar-refractivity contribution is 9.11. The van der Waals surface area contributed by atoms with Gasteiger partial charge in [-0.3, -0.25) is 0 Å². The zero-order valence-electron chi connectivity index (χ0n) is 11.0. The van der Waals surface area contributed by atoms with Gasteiger partial charge in [-0.15, -0.1) is 0 Å². The second-order valence-electron chi connectivity index (χ2n) is 4.69. The first-order valence-corrected chi connectivity index (χ1v) is 8.08. The zero-order chi connectivity index (χ0) is 11.9. The van der Waals surface area contributed by atoms with Gasteiger partial charge in [-0.2, -0.15) is 0 Å². The molecule has 0 fully saturated rings. The summed E-state index contributed by atoms with van der Waals surface area (Å²) < 4.78 is 0. The van der Waals surface area contributed by atoms with Gasteiger partial charge in [-0.05, 0) is 17.8 Å². The molecule has 0 rings (SSSR count). The van der Waals surface area contributed by atoms with Gasteiger partial charge in [0.15, 0.2) is 0 Å². The van der Waals surface area contributed by atoms with Crippen LogP contribution in [0.5, 0.6) is 0 Å². The second kappa shape index (κ2) is 15.2. The third-order valence-electron chi connectivity index (χ3n) is 3.06. The third kappa shape index (κ3) is 14.2. The molecule has 96 valence electrons. The molecule has 0 unspecified atom stereocenters. The Kier molecular flexibility index (Phi) is 15.4. The fraction of sp³-hybridized carbons (Fsp3) is 0.867. The Labute approximate surface area is 111 Å². The fourth-order valence-electron chi connectivity index (χ4n) is 1.99. The molecular weight excluding hydrogens is 260 g/mol. The van der Waals surface area contributed by atoms with Crippen LogP contribution in [0.25, 0.3) is 0 Å². The highest BCUT2D eigenvalue weighted by Crippen LogP contribution is 2.11. The number of halogens is 1. The van der Waals surface area contributed by atoms with Crippen LogP contribution in [-0.4, -0.2) is 0 Å². The maximum absolute atomic E-state index is 3.30. The van der Waals surface area contributed by atoms with Crippen molar-refractivity contribution in [3.8, 4) is 0 Å². The lowest BCUT2D eigenvalue weighted by molar-refractivity contribution is 0.550. The van der Waals surface area contributed by atoms with E-state index in [2.05, 4.69) is 28.9 Å². The van der Waals surface area contributed by atoms with Crippen LogP contribution in [-0.2, 0) is 0 Å². The highest BCUT2D eigenvalue weighted by Gasteiger charge is 1.92. The Bertz CT molecular complexity index is 140. The zero-order valence-corrected chi connectivity index (χ0v) is 12.6. The van der Waals surface area contributed by atoms with Crippen LogP contribution < -0.4 is 0 Å². The molecule has 16 heavy (non-hydrogen) atoms. The summed E-state index contributed by atoms with van der Waals surface area (Å²) in [6, 6.07) is 0. The second-order valence-corrected chi connectivity index (χ2v) is 5.21. The van der Waals surface area contributed by atoms with E-state index in [-0.39, 0.29) is 0 Å². The molecule has 0 aliphatic rings. The van der Waals surface area contributed by atoms with E-state index in [1.54, 1.807) is 0 Å².